The van der Waals surface area contributed by atoms with E-state index in [4.69, 9.17) is 4.42 Å². The minimum absolute atomic E-state index is 0.0260. The second-order valence-corrected chi connectivity index (χ2v) is 8.42. The van der Waals surface area contributed by atoms with Crippen molar-refractivity contribution < 1.29 is 14.0 Å². The van der Waals surface area contributed by atoms with Crippen molar-refractivity contribution in [1.29, 1.82) is 0 Å². The van der Waals surface area contributed by atoms with E-state index in [2.05, 4.69) is 34.5 Å². The number of anilines is 1. The monoisotopic (exact) mass is 415 g/mol. The van der Waals surface area contributed by atoms with Crippen LogP contribution in [0.1, 0.15) is 26.5 Å². The molecule has 2 atom stereocenters. The molecule has 0 bridgehead atoms. The Morgan fingerprint density at radius 3 is 2.39 bits per heavy atom. The molecule has 2 amide bonds. The van der Waals surface area contributed by atoms with Gasteiger partial charge in [-0.1, -0.05) is 36.4 Å². The van der Waals surface area contributed by atoms with Gasteiger partial charge in [0.25, 0.3) is 11.8 Å². The number of fused-ring (bicyclic) bond motifs is 1. The summed E-state index contributed by atoms with van der Waals surface area (Å²) in [6, 6.07) is 20.9. The third-order valence-electron chi connectivity index (χ3n) is 6.21. The maximum atomic E-state index is 13.1. The molecule has 0 aliphatic carbocycles. The van der Waals surface area contributed by atoms with Crippen molar-refractivity contribution in [1.82, 2.24) is 9.80 Å². The molecule has 3 aromatic rings. The fourth-order valence-corrected chi connectivity index (χ4v) is 4.74. The number of carbonyl (C=O) groups is 2. The summed E-state index contributed by atoms with van der Waals surface area (Å²) < 4.78 is 5.12. The van der Waals surface area contributed by atoms with E-state index >= 15 is 0 Å². The van der Waals surface area contributed by atoms with E-state index in [0.717, 1.165) is 32.7 Å². The Morgan fingerprint density at radius 2 is 1.68 bits per heavy atom. The summed E-state index contributed by atoms with van der Waals surface area (Å²) in [5.74, 6) is 0.982. The van der Waals surface area contributed by atoms with Gasteiger partial charge < -0.3 is 14.6 Å². The average molecular weight is 415 g/mol. The number of furan rings is 1. The molecule has 158 valence electrons. The van der Waals surface area contributed by atoms with Crippen LogP contribution >= 0.6 is 0 Å². The van der Waals surface area contributed by atoms with Gasteiger partial charge in [0.15, 0.2) is 5.76 Å². The van der Waals surface area contributed by atoms with E-state index in [0.29, 0.717) is 23.1 Å². The van der Waals surface area contributed by atoms with Gasteiger partial charge in [-0.05, 0) is 47.7 Å². The van der Waals surface area contributed by atoms with E-state index in [1.807, 2.05) is 11.0 Å². The zero-order valence-corrected chi connectivity index (χ0v) is 17.2. The van der Waals surface area contributed by atoms with Gasteiger partial charge in [-0.3, -0.25) is 14.5 Å². The molecule has 1 N–H and O–H groups in total. The van der Waals surface area contributed by atoms with Gasteiger partial charge in [0.1, 0.15) is 0 Å². The topological polar surface area (TPSA) is 65.8 Å². The van der Waals surface area contributed by atoms with Crippen LogP contribution in [0, 0.1) is 11.8 Å². The molecule has 0 radical (unpaired) electrons. The van der Waals surface area contributed by atoms with Crippen molar-refractivity contribution in [3.05, 3.63) is 89.9 Å². The van der Waals surface area contributed by atoms with E-state index in [1.54, 1.807) is 36.4 Å². The number of hydrogen-bond acceptors (Lipinski definition) is 4. The van der Waals surface area contributed by atoms with E-state index in [1.165, 1.54) is 11.8 Å². The highest BCUT2D eigenvalue weighted by Gasteiger charge is 2.41. The molecule has 31 heavy (non-hydrogen) atoms. The Balaban J connectivity index is 1.19. The number of nitrogens with zero attached hydrogens (tertiary/aromatic N) is 2. The van der Waals surface area contributed by atoms with Crippen LogP contribution in [-0.4, -0.2) is 47.8 Å². The second kappa shape index (κ2) is 8.40. The van der Waals surface area contributed by atoms with E-state index < -0.39 is 0 Å². The molecule has 6 nitrogen and oxygen atoms in total. The quantitative estimate of drug-likeness (QED) is 0.690. The number of benzene rings is 2. The Bertz CT molecular complexity index is 1050. The maximum absolute atomic E-state index is 13.1. The van der Waals surface area contributed by atoms with Gasteiger partial charge in [0.2, 0.25) is 0 Å². The molecule has 2 aliphatic rings. The number of carbonyl (C=O) groups excluding carboxylic acids is 2. The van der Waals surface area contributed by atoms with Crippen molar-refractivity contribution in [3.8, 4) is 0 Å². The van der Waals surface area contributed by atoms with Crippen LogP contribution in [0.5, 0.6) is 0 Å². The molecule has 5 rings (SSSR count). The Labute approximate surface area is 181 Å². The fourth-order valence-electron chi connectivity index (χ4n) is 4.74. The summed E-state index contributed by atoms with van der Waals surface area (Å²) in [5.41, 5.74) is 2.52. The molecule has 2 aromatic carbocycles. The van der Waals surface area contributed by atoms with E-state index in [9.17, 15) is 9.59 Å². The van der Waals surface area contributed by atoms with Crippen LogP contribution in [0.25, 0.3) is 0 Å². The fraction of sp³-hybridized carbons (Fsp3) is 0.280. The Kier molecular flexibility index (Phi) is 5.30. The molecule has 0 spiro atoms. The van der Waals surface area contributed by atoms with Crippen molar-refractivity contribution in [2.45, 2.75) is 6.54 Å². The van der Waals surface area contributed by atoms with Gasteiger partial charge >= 0.3 is 0 Å². The smallest absolute Gasteiger partial charge is 0.291 e. The molecule has 3 heterocycles. The summed E-state index contributed by atoms with van der Waals surface area (Å²) in [7, 11) is 0. The van der Waals surface area contributed by atoms with Crippen molar-refractivity contribution >= 4 is 17.5 Å². The van der Waals surface area contributed by atoms with Crippen LogP contribution < -0.4 is 5.32 Å². The van der Waals surface area contributed by atoms with Gasteiger partial charge in [-0.15, -0.1) is 0 Å². The lowest BCUT2D eigenvalue weighted by molar-refractivity contribution is 0.0773. The first-order valence-electron chi connectivity index (χ1n) is 10.7. The van der Waals surface area contributed by atoms with E-state index in [-0.39, 0.29) is 17.6 Å². The van der Waals surface area contributed by atoms with Crippen molar-refractivity contribution in [2.75, 3.05) is 31.5 Å². The third kappa shape index (κ3) is 4.25. The van der Waals surface area contributed by atoms with Crippen LogP contribution in [0.3, 0.4) is 0 Å². The number of amides is 2. The number of hydrogen-bond donors (Lipinski definition) is 1. The molecule has 2 fully saturated rings. The molecule has 2 saturated heterocycles. The number of rotatable bonds is 5. The SMILES string of the molecule is O=C(Nc1cccc(C(=O)N2C[C@@H]3CN(Cc4ccccc4)C[C@H]3C2)c1)c1ccco1. The summed E-state index contributed by atoms with van der Waals surface area (Å²) >= 11 is 0. The number of likely N-dealkylation sites (tertiary alicyclic amines) is 2. The number of nitrogens with one attached hydrogen (secondary N) is 1. The summed E-state index contributed by atoms with van der Waals surface area (Å²) in [6.07, 6.45) is 1.46. The molecular weight excluding hydrogens is 390 g/mol. The van der Waals surface area contributed by atoms with Crippen LogP contribution in [0.4, 0.5) is 5.69 Å². The molecule has 1 aromatic heterocycles. The van der Waals surface area contributed by atoms with Crippen LogP contribution in [0.15, 0.2) is 77.4 Å². The Morgan fingerprint density at radius 1 is 0.903 bits per heavy atom. The zero-order valence-electron chi connectivity index (χ0n) is 17.2. The summed E-state index contributed by atoms with van der Waals surface area (Å²) in [5, 5.41) is 2.79. The predicted molar refractivity (Wildman–Crippen MR) is 118 cm³/mol. The zero-order chi connectivity index (χ0) is 21.2. The minimum Gasteiger partial charge on any atom is -0.459 e. The van der Waals surface area contributed by atoms with Gasteiger partial charge in [-0.25, -0.2) is 0 Å². The predicted octanol–water partition coefficient (Wildman–Crippen LogP) is 3.74. The first-order valence-corrected chi connectivity index (χ1v) is 10.7. The third-order valence-corrected chi connectivity index (χ3v) is 6.21. The largest absolute Gasteiger partial charge is 0.459 e. The standard InChI is InChI=1S/C25H25N3O3/c29-24(23-10-5-11-31-23)26-22-9-4-8-19(12-22)25(30)28-16-20-14-27(15-21(20)17-28)13-18-6-2-1-3-7-18/h1-12,20-21H,13-17H2,(H,26,29)/t20-,21-/m0/s1. The maximum Gasteiger partial charge on any atom is 0.291 e. The normalized spacial score (nSPS) is 20.6. The molecule has 0 saturated carbocycles. The van der Waals surface area contributed by atoms with Crippen LogP contribution in [-0.2, 0) is 6.54 Å². The lowest BCUT2D eigenvalue weighted by Crippen LogP contribution is -2.33. The first-order chi connectivity index (χ1) is 15.2. The molecule has 2 aliphatic heterocycles. The summed E-state index contributed by atoms with van der Waals surface area (Å²) in [6.45, 7) is 4.61. The van der Waals surface area contributed by atoms with Crippen molar-refractivity contribution in [3.63, 3.8) is 0 Å². The second-order valence-electron chi connectivity index (χ2n) is 8.42. The summed E-state index contributed by atoms with van der Waals surface area (Å²) in [4.78, 5) is 29.8. The Hall–Kier alpha value is -3.38. The highest BCUT2D eigenvalue weighted by atomic mass is 16.3. The van der Waals surface area contributed by atoms with Gasteiger partial charge in [0, 0.05) is 44.0 Å². The highest BCUT2D eigenvalue weighted by molar-refractivity contribution is 6.03. The molecular formula is C25H25N3O3. The lowest BCUT2D eigenvalue weighted by Gasteiger charge is -2.22. The van der Waals surface area contributed by atoms with Crippen molar-refractivity contribution in [2.24, 2.45) is 11.8 Å². The lowest BCUT2D eigenvalue weighted by atomic mass is 10.0. The average Bonchev–Trinajstić information content (AvgIpc) is 3.51. The highest BCUT2D eigenvalue weighted by Crippen LogP contribution is 2.32. The van der Waals surface area contributed by atoms with Gasteiger partial charge in [0.05, 0.1) is 6.26 Å². The molecule has 6 heteroatoms. The van der Waals surface area contributed by atoms with Gasteiger partial charge in [-0.2, -0.15) is 0 Å². The molecule has 0 unspecified atom stereocenters. The van der Waals surface area contributed by atoms with Crippen LogP contribution in [0.2, 0.25) is 0 Å². The first kappa shape index (κ1) is 19.6. The minimum atomic E-state index is -0.330.